The molecule has 1 unspecified atom stereocenters. The van der Waals surface area contributed by atoms with Crippen LogP contribution in [-0.2, 0) is 4.74 Å². The molecule has 0 saturated carbocycles. The van der Waals surface area contributed by atoms with E-state index in [1.807, 2.05) is 18.2 Å². The standard InChI is InChI=1S/C17H22ClNO2/c1-2-20-11-13-5-6-19(9-13)10-14-7-15-8-16(18)3-4-17(15)21-12-14/h3-4,7-8,13H,2,5-6,9-12H2,1H3. The first-order chi connectivity index (χ1) is 10.2. The van der Waals surface area contributed by atoms with E-state index in [4.69, 9.17) is 21.1 Å². The lowest BCUT2D eigenvalue weighted by Crippen LogP contribution is -2.27. The lowest BCUT2D eigenvalue weighted by Gasteiger charge is -2.22. The zero-order valence-electron chi connectivity index (χ0n) is 12.5. The minimum Gasteiger partial charge on any atom is -0.489 e. The van der Waals surface area contributed by atoms with Gasteiger partial charge in [0, 0.05) is 30.3 Å². The summed E-state index contributed by atoms with van der Waals surface area (Å²) in [6.07, 6.45) is 3.46. The Morgan fingerprint density at radius 3 is 3.19 bits per heavy atom. The number of ether oxygens (including phenoxy) is 2. The van der Waals surface area contributed by atoms with Gasteiger partial charge < -0.3 is 9.47 Å². The van der Waals surface area contributed by atoms with Crippen molar-refractivity contribution in [2.24, 2.45) is 5.92 Å². The van der Waals surface area contributed by atoms with E-state index in [1.165, 1.54) is 12.0 Å². The minimum absolute atomic E-state index is 0.678. The number of likely N-dealkylation sites (tertiary alicyclic amines) is 1. The Morgan fingerprint density at radius 1 is 1.43 bits per heavy atom. The Hall–Kier alpha value is -1.03. The molecule has 2 aliphatic rings. The molecule has 0 aliphatic carbocycles. The highest BCUT2D eigenvalue weighted by Gasteiger charge is 2.24. The van der Waals surface area contributed by atoms with Crippen molar-refractivity contribution < 1.29 is 9.47 Å². The van der Waals surface area contributed by atoms with Crippen molar-refractivity contribution in [1.82, 2.24) is 4.90 Å². The first-order valence-electron chi connectivity index (χ1n) is 7.66. The molecule has 1 aromatic carbocycles. The van der Waals surface area contributed by atoms with Gasteiger partial charge in [-0.1, -0.05) is 11.6 Å². The van der Waals surface area contributed by atoms with Crippen LogP contribution in [0.3, 0.4) is 0 Å². The van der Waals surface area contributed by atoms with Crippen LogP contribution < -0.4 is 4.74 Å². The smallest absolute Gasteiger partial charge is 0.127 e. The van der Waals surface area contributed by atoms with E-state index in [1.54, 1.807) is 0 Å². The van der Waals surface area contributed by atoms with Gasteiger partial charge in [0.1, 0.15) is 12.4 Å². The number of hydrogen-bond acceptors (Lipinski definition) is 3. The average molecular weight is 308 g/mol. The number of nitrogens with zero attached hydrogens (tertiary/aromatic N) is 1. The Bertz CT molecular complexity index is 530. The summed E-state index contributed by atoms with van der Waals surface area (Å²) in [5.74, 6) is 1.61. The number of benzene rings is 1. The summed E-state index contributed by atoms with van der Waals surface area (Å²) in [5.41, 5.74) is 2.41. The number of fused-ring (bicyclic) bond motifs is 1. The van der Waals surface area contributed by atoms with Crippen LogP contribution in [-0.4, -0.2) is 44.4 Å². The van der Waals surface area contributed by atoms with E-state index in [9.17, 15) is 0 Å². The van der Waals surface area contributed by atoms with Gasteiger partial charge in [-0.15, -0.1) is 0 Å². The maximum atomic E-state index is 6.05. The zero-order chi connectivity index (χ0) is 14.7. The van der Waals surface area contributed by atoms with Gasteiger partial charge in [-0.2, -0.15) is 0 Å². The summed E-state index contributed by atoms with van der Waals surface area (Å²) < 4.78 is 11.3. The normalized spacial score (nSPS) is 21.8. The van der Waals surface area contributed by atoms with Crippen molar-refractivity contribution in [3.8, 4) is 5.75 Å². The number of halogens is 1. The fraction of sp³-hybridized carbons (Fsp3) is 0.529. The second-order valence-corrected chi connectivity index (χ2v) is 6.26. The van der Waals surface area contributed by atoms with Gasteiger partial charge in [-0.25, -0.2) is 0 Å². The quantitative estimate of drug-likeness (QED) is 0.831. The van der Waals surface area contributed by atoms with Crippen LogP contribution in [0, 0.1) is 5.92 Å². The van der Waals surface area contributed by atoms with Crippen LogP contribution in [0.1, 0.15) is 18.9 Å². The molecule has 2 aliphatic heterocycles. The monoisotopic (exact) mass is 307 g/mol. The summed E-state index contributed by atoms with van der Waals surface area (Å²) >= 11 is 6.05. The van der Waals surface area contributed by atoms with Crippen molar-refractivity contribution in [1.29, 1.82) is 0 Å². The molecule has 3 nitrogen and oxygen atoms in total. The molecule has 1 atom stereocenters. The third-order valence-corrected chi connectivity index (χ3v) is 4.33. The van der Waals surface area contributed by atoms with Crippen molar-refractivity contribution >= 4 is 17.7 Å². The number of hydrogen-bond donors (Lipinski definition) is 0. The average Bonchev–Trinajstić information content (AvgIpc) is 2.92. The van der Waals surface area contributed by atoms with Crippen LogP contribution in [0.5, 0.6) is 5.75 Å². The predicted molar refractivity (Wildman–Crippen MR) is 86.0 cm³/mol. The van der Waals surface area contributed by atoms with Gasteiger partial charge in [0.15, 0.2) is 0 Å². The summed E-state index contributed by atoms with van der Waals surface area (Å²) in [4.78, 5) is 2.49. The zero-order valence-corrected chi connectivity index (χ0v) is 13.2. The lowest BCUT2D eigenvalue weighted by atomic mass is 10.1. The maximum Gasteiger partial charge on any atom is 0.127 e. The first kappa shape index (κ1) is 14.9. The molecule has 1 fully saturated rings. The largest absolute Gasteiger partial charge is 0.489 e. The Labute approximate surface area is 131 Å². The van der Waals surface area contributed by atoms with Crippen LogP contribution in [0.15, 0.2) is 23.8 Å². The van der Waals surface area contributed by atoms with E-state index >= 15 is 0 Å². The van der Waals surface area contributed by atoms with Crippen LogP contribution in [0.4, 0.5) is 0 Å². The molecule has 0 N–H and O–H groups in total. The second kappa shape index (κ2) is 6.82. The van der Waals surface area contributed by atoms with Gasteiger partial charge in [0.05, 0.1) is 6.61 Å². The van der Waals surface area contributed by atoms with Gasteiger partial charge in [0.25, 0.3) is 0 Å². The number of rotatable bonds is 5. The summed E-state index contributed by atoms with van der Waals surface area (Å²) in [5, 5.41) is 0.757. The van der Waals surface area contributed by atoms with E-state index in [-0.39, 0.29) is 0 Å². The second-order valence-electron chi connectivity index (χ2n) is 5.82. The van der Waals surface area contributed by atoms with Gasteiger partial charge in [-0.3, -0.25) is 4.90 Å². The Balaban J connectivity index is 1.59. The van der Waals surface area contributed by atoms with E-state index in [0.29, 0.717) is 12.5 Å². The van der Waals surface area contributed by atoms with Gasteiger partial charge >= 0.3 is 0 Å². The Morgan fingerprint density at radius 2 is 2.33 bits per heavy atom. The highest BCUT2D eigenvalue weighted by Crippen LogP contribution is 2.29. The molecule has 0 spiro atoms. The van der Waals surface area contributed by atoms with Crippen molar-refractivity contribution in [3.05, 3.63) is 34.4 Å². The molecule has 1 saturated heterocycles. The van der Waals surface area contributed by atoms with Gasteiger partial charge in [0.2, 0.25) is 0 Å². The fourth-order valence-corrected chi connectivity index (χ4v) is 3.23. The molecule has 1 aromatic rings. The first-order valence-corrected chi connectivity index (χ1v) is 8.04. The van der Waals surface area contributed by atoms with Crippen molar-refractivity contribution in [2.75, 3.05) is 39.5 Å². The third kappa shape index (κ3) is 3.79. The van der Waals surface area contributed by atoms with Crippen molar-refractivity contribution in [2.45, 2.75) is 13.3 Å². The maximum absolute atomic E-state index is 6.05. The molecule has 0 radical (unpaired) electrons. The molecule has 21 heavy (non-hydrogen) atoms. The molecule has 0 amide bonds. The molecule has 0 bridgehead atoms. The van der Waals surface area contributed by atoms with E-state index < -0.39 is 0 Å². The van der Waals surface area contributed by atoms with Crippen molar-refractivity contribution in [3.63, 3.8) is 0 Å². The third-order valence-electron chi connectivity index (χ3n) is 4.10. The molecule has 4 heteroatoms. The van der Waals surface area contributed by atoms with Crippen LogP contribution >= 0.6 is 11.6 Å². The van der Waals surface area contributed by atoms with E-state index in [0.717, 1.165) is 49.2 Å². The predicted octanol–water partition coefficient (Wildman–Crippen LogP) is 3.47. The molecular formula is C17H22ClNO2. The SMILES string of the molecule is CCOCC1CCN(CC2=Cc3cc(Cl)ccc3OC2)C1. The van der Waals surface area contributed by atoms with Crippen LogP contribution in [0.25, 0.3) is 6.08 Å². The lowest BCUT2D eigenvalue weighted by molar-refractivity contribution is 0.112. The summed E-state index contributed by atoms with van der Waals surface area (Å²) in [7, 11) is 0. The topological polar surface area (TPSA) is 21.7 Å². The molecule has 2 heterocycles. The fourth-order valence-electron chi connectivity index (χ4n) is 3.05. The highest BCUT2D eigenvalue weighted by molar-refractivity contribution is 6.30. The minimum atomic E-state index is 0.678. The van der Waals surface area contributed by atoms with Crippen LogP contribution in [0.2, 0.25) is 5.02 Å². The summed E-state index contributed by atoms with van der Waals surface area (Å²) in [6, 6.07) is 5.79. The Kier molecular flexibility index (Phi) is 4.84. The molecule has 114 valence electrons. The molecule has 0 aromatic heterocycles. The highest BCUT2D eigenvalue weighted by atomic mass is 35.5. The molecular weight excluding hydrogens is 286 g/mol. The summed E-state index contributed by atoms with van der Waals surface area (Å²) in [6.45, 7) is 7.70. The molecule has 3 rings (SSSR count). The van der Waals surface area contributed by atoms with Gasteiger partial charge in [-0.05, 0) is 55.7 Å². The van der Waals surface area contributed by atoms with E-state index in [2.05, 4.69) is 17.9 Å².